The van der Waals surface area contributed by atoms with Crippen LogP contribution >= 0.6 is 0 Å². The van der Waals surface area contributed by atoms with Crippen molar-refractivity contribution in [3.63, 3.8) is 0 Å². The molecule has 0 atom stereocenters. The third-order valence-electron chi connectivity index (χ3n) is 2.92. The number of aromatic nitrogens is 2. The van der Waals surface area contributed by atoms with Crippen molar-refractivity contribution >= 4 is 0 Å². The highest BCUT2D eigenvalue weighted by atomic mass is 15.1. The van der Waals surface area contributed by atoms with Gasteiger partial charge in [0.15, 0.2) is 0 Å². The number of benzene rings is 2. The molecule has 0 spiro atoms. The first kappa shape index (κ1) is 10.8. The lowest BCUT2D eigenvalue weighted by Crippen LogP contribution is -1.95. The molecule has 1 aromatic heterocycles. The largest absolute Gasteiger partial charge is 0.300 e. The first-order valence-corrected chi connectivity index (χ1v) is 5.91. The molecule has 18 heavy (non-hydrogen) atoms. The average Bonchev–Trinajstić information content (AvgIpc) is 2.90. The molecule has 0 unspecified atom stereocenters. The van der Waals surface area contributed by atoms with Gasteiger partial charge in [-0.15, -0.1) is 0 Å². The maximum atomic E-state index is 4.43. The van der Waals surface area contributed by atoms with E-state index in [4.69, 9.17) is 0 Å². The number of rotatable bonds is 2. The minimum Gasteiger partial charge on any atom is -0.300 e. The summed E-state index contributed by atoms with van der Waals surface area (Å²) in [5, 5.41) is 0. The number of hydrogen-bond acceptors (Lipinski definition) is 1. The van der Waals surface area contributed by atoms with Crippen molar-refractivity contribution in [3.8, 4) is 17.1 Å². The predicted molar refractivity (Wildman–Crippen MR) is 72.6 cm³/mol. The highest BCUT2D eigenvalue weighted by Crippen LogP contribution is 2.20. The lowest BCUT2D eigenvalue weighted by molar-refractivity contribution is 1.07. The Morgan fingerprint density at radius 2 is 1.94 bits per heavy atom. The van der Waals surface area contributed by atoms with Crippen molar-refractivity contribution < 1.29 is 0 Å². The fourth-order valence-electron chi connectivity index (χ4n) is 1.96. The summed E-state index contributed by atoms with van der Waals surface area (Å²) >= 11 is 0. The monoisotopic (exact) mass is 233 g/mol. The van der Waals surface area contributed by atoms with Crippen LogP contribution < -0.4 is 0 Å². The van der Waals surface area contributed by atoms with Crippen LogP contribution in [0, 0.1) is 13.0 Å². The van der Waals surface area contributed by atoms with Gasteiger partial charge in [0.05, 0.1) is 0 Å². The molecule has 2 nitrogen and oxygen atoms in total. The first-order valence-electron chi connectivity index (χ1n) is 5.91. The van der Waals surface area contributed by atoms with Gasteiger partial charge in [-0.25, -0.2) is 4.98 Å². The molecule has 0 aliphatic carbocycles. The van der Waals surface area contributed by atoms with Gasteiger partial charge >= 0.3 is 0 Å². The van der Waals surface area contributed by atoms with E-state index in [9.17, 15) is 0 Å². The third-order valence-corrected chi connectivity index (χ3v) is 2.92. The molecule has 1 radical (unpaired) electrons. The van der Waals surface area contributed by atoms with Crippen LogP contribution in [-0.2, 0) is 0 Å². The number of nitrogens with zero attached hydrogens (tertiary/aromatic N) is 2. The maximum Gasteiger partial charge on any atom is 0.144 e. The Balaban J connectivity index is 2.10. The van der Waals surface area contributed by atoms with E-state index in [0.717, 1.165) is 17.1 Å². The second kappa shape index (κ2) is 4.49. The summed E-state index contributed by atoms with van der Waals surface area (Å²) in [5.74, 6) is 0.940. The van der Waals surface area contributed by atoms with Gasteiger partial charge in [0, 0.05) is 23.6 Å². The van der Waals surface area contributed by atoms with Gasteiger partial charge in [-0.05, 0) is 31.2 Å². The standard InChI is InChI=1S/C16H13N2/c1-13-7-9-15(10-8-13)18-12-11-17-16(18)14-5-3-2-4-6-14/h2-3,5-12H,1H3. The zero-order valence-corrected chi connectivity index (χ0v) is 10.2. The normalized spacial score (nSPS) is 10.5. The number of aryl methyl sites for hydroxylation is 1. The summed E-state index contributed by atoms with van der Waals surface area (Å²) in [7, 11) is 0. The molecule has 0 aliphatic rings. The number of imidazole rings is 1. The van der Waals surface area contributed by atoms with E-state index in [1.807, 2.05) is 36.7 Å². The summed E-state index contributed by atoms with van der Waals surface area (Å²) in [6.07, 6.45) is 3.80. The topological polar surface area (TPSA) is 17.8 Å². The Hall–Kier alpha value is -2.35. The van der Waals surface area contributed by atoms with E-state index < -0.39 is 0 Å². The third kappa shape index (κ3) is 1.93. The van der Waals surface area contributed by atoms with Crippen molar-refractivity contribution in [2.45, 2.75) is 6.92 Å². The van der Waals surface area contributed by atoms with Crippen LogP contribution in [0.25, 0.3) is 17.1 Å². The van der Waals surface area contributed by atoms with Crippen LogP contribution in [0.15, 0.2) is 60.9 Å². The second-order valence-electron chi connectivity index (χ2n) is 4.25. The van der Waals surface area contributed by atoms with Crippen molar-refractivity contribution in [1.29, 1.82) is 0 Å². The molecular formula is C16H13N2. The van der Waals surface area contributed by atoms with Crippen LogP contribution in [-0.4, -0.2) is 9.55 Å². The Morgan fingerprint density at radius 1 is 1.11 bits per heavy atom. The van der Waals surface area contributed by atoms with Gasteiger partial charge in [-0.2, -0.15) is 0 Å². The van der Waals surface area contributed by atoms with Gasteiger partial charge in [-0.3, -0.25) is 4.57 Å². The lowest BCUT2D eigenvalue weighted by Gasteiger charge is -2.08. The molecule has 87 valence electrons. The molecule has 1 heterocycles. The molecule has 0 saturated carbocycles. The van der Waals surface area contributed by atoms with E-state index in [-0.39, 0.29) is 0 Å². The summed E-state index contributed by atoms with van der Waals surface area (Å²) in [6.45, 7) is 2.09. The molecular weight excluding hydrogens is 220 g/mol. The highest BCUT2D eigenvalue weighted by Gasteiger charge is 2.06. The van der Waals surface area contributed by atoms with E-state index in [2.05, 4.69) is 46.8 Å². The van der Waals surface area contributed by atoms with Crippen LogP contribution in [0.1, 0.15) is 5.56 Å². The SMILES string of the molecule is Cc1ccc(-n2ccnc2-c2c[c]ccc2)cc1. The van der Waals surface area contributed by atoms with Crippen molar-refractivity contribution in [2.75, 3.05) is 0 Å². The van der Waals surface area contributed by atoms with E-state index in [0.29, 0.717) is 0 Å². The van der Waals surface area contributed by atoms with Gasteiger partial charge in [-0.1, -0.05) is 35.9 Å². The summed E-state index contributed by atoms with van der Waals surface area (Å²) in [4.78, 5) is 4.43. The predicted octanol–water partition coefficient (Wildman–Crippen LogP) is 3.65. The van der Waals surface area contributed by atoms with Gasteiger partial charge < -0.3 is 0 Å². The Labute approximate surface area is 107 Å². The first-order chi connectivity index (χ1) is 8.84. The van der Waals surface area contributed by atoms with Crippen molar-refractivity contribution in [2.24, 2.45) is 0 Å². The maximum absolute atomic E-state index is 4.43. The molecule has 0 saturated heterocycles. The summed E-state index contributed by atoms with van der Waals surface area (Å²) < 4.78 is 2.09. The van der Waals surface area contributed by atoms with E-state index in [1.165, 1.54) is 5.56 Å². The molecule has 2 heteroatoms. The van der Waals surface area contributed by atoms with Gasteiger partial charge in [0.1, 0.15) is 5.82 Å². The highest BCUT2D eigenvalue weighted by molar-refractivity contribution is 5.58. The van der Waals surface area contributed by atoms with Crippen molar-refractivity contribution in [1.82, 2.24) is 9.55 Å². The Bertz CT molecular complexity index is 636. The molecule has 0 fully saturated rings. The Kier molecular flexibility index (Phi) is 2.69. The second-order valence-corrected chi connectivity index (χ2v) is 4.25. The van der Waals surface area contributed by atoms with Crippen LogP contribution in [0.4, 0.5) is 0 Å². The summed E-state index contributed by atoms with van der Waals surface area (Å²) in [5.41, 5.74) is 3.45. The molecule has 3 aromatic rings. The van der Waals surface area contributed by atoms with E-state index >= 15 is 0 Å². The van der Waals surface area contributed by atoms with Crippen LogP contribution in [0.2, 0.25) is 0 Å². The van der Waals surface area contributed by atoms with E-state index in [1.54, 1.807) is 0 Å². The molecule has 0 N–H and O–H groups in total. The lowest BCUT2D eigenvalue weighted by atomic mass is 10.2. The molecule has 3 rings (SSSR count). The zero-order chi connectivity index (χ0) is 12.4. The quantitative estimate of drug-likeness (QED) is 0.660. The molecule has 0 aliphatic heterocycles. The smallest absolute Gasteiger partial charge is 0.144 e. The fourth-order valence-corrected chi connectivity index (χ4v) is 1.96. The number of hydrogen-bond donors (Lipinski definition) is 0. The molecule has 0 amide bonds. The zero-order valence-electron chi connectivity index (χ0n) is 10.2. The molecule has 0 bridgehead atoms. The van der Waals surface area contributed by atoms with Gasteiger partial charge in [0.2, 0.25) is 0 Å². The average molecular weight is 233 g/mol. The minimum atomic E-state index is 0.940. The Morgan fingerprint density at radius 3 is 2.67 bits per heavy atom. The minimum absolute atomic E-state index is 0.940. The summed E-state index contributed by atoms with van der Waals surface area (Å²) in [6, 6.07) is 19.4. The fraction of sp³-hybridized carbons (Fsp3) is 0.0625. The van der Waals surface area contributed by atoms with Crippen LogP contribution in [0.5, 0.6) is 0 Å². The van der Waals surface area contributed by atoms with Crippen LogP contribution in [0.3, 0.4) is 0 Å². The van der Waals surface area contributed by atoms with Crippen molar-refractivity contribution in [3.05, 3.63) is 72.6 Å². The molecule has 2 aromatic carbocycles. The van der Waals surface area contributed by atoms with Gasteiger partial charge in [0.25, 0.3) is 0 Å².